The number of nitrogens with one attached hydrogen (secondary N) is 1. The number of carbonyl (C=O) groups is 2. The minimum atomic E-state index is -0.518. The van der Waals surface area contributed by atoms with Crippen LogP contribution >= 0.6 is 24.0 Å². The first kappa shape index (κ1) is 23.7. The molecule has 0 bridgehead atoms. The Labute approximate surface area is 167 Å². The molecular weight excluding hydrogens is 439 g/mol. The van der Waals surface area contributed by atoms with Gasteiger partial charge in [-0.1, -0.05) is 0 Å². The molecule has 1 heterocycles. The van der Waals surface area contributed by atoms with Crippen molar-refractivity contribution < 1.29 is 19.1 Å². The monoisotopic (exact) mass is 470 g/mol. The van der Waals surface area contributed by atoms with E-state index in [1.165, 1.54) is 0 Å². The average Bonchev–Trinajstić information content (AvgIpc) is 2.50. The second kappa shape index (κ2) is 11.4. The normalized spacial score (nSPS) is 15.3. The number of hydrogen-bond acceptors (Lipinski definition) is 5. The molecular formula is C16H31IN4O4. The number of rotatable bonds is 4. The number of ether oxygens (including phenoxy) is 2. The van der Waals surface area contributed by atoms with E-state index in [0.29, 0.717) is 45.3 Å². The van der Waals surface area contributed by atoms with E-state index in [1.54, 1.807) is 11.8 Å². The van der Waals surface area contributed by atoms with Crippen molar-refractivity contribution in [3.05, 3.63) is 0 Å². The van der Waals surface area contributed by atoms with Gasteiger partial charge in [0.1, 0.15) is 12.1 Å². The molecule has 146 valence electrons. The standard InChI is InChI=1S/C16H30N4O4.HI/c1-6-17-14(18-12-13(21)24-16(3,4)5)19-8-10-20(11-9-19)15(22)23-7-2;/h6-12H2,1-5H3,(H,17,18);1H. The highest BCUT2D eigenvalue weighted by Crippen LogP contribution is 2.08. The lowest BCUT2D eigenvalue weighted by Crippen LogP contribution is -2.54. The third-order valence-electron chi connectivity index (χ3n) is 3.22. The van der Waals surface area contributed by atoms with Gasteiger partial charge in [-0.15, -0.1) is 24.0 Å². The van der Waals surface area contributed by atoms with Crippen LogP contribution in [0, 0.1) is 0 Å². The third-order valence-corrected chi connectivity index (χ3v) is 3.22. The molecule has 0 radical (unpaired) electrons. The smallest absolute Gasteiger partial charge is 0.409 e. The Kier molecular flexibility index (Phi) is 10.8. The molecule has 1 saturated heterocycles. The maximum Gasteiger partial charge on any atom is 0.409 e. The van der Waals surface area contributed by atoms with Crippen molar-refractivity contribution in [2.24, 2.45) is 4.99 Å². The number of nitrogens with zero attached hydrogens (tertiary/aromatic N) is 3. The zero-order chi connectivity index (χ0) is 18.2. The van der Waals surface area contributed by atoms with Crippen LogP contribution in [0.5, 0.6) is 0 Å². The number of amides is 1. The van der Waals surface area contributed by atoms with Crippen molar-refractivity contribution in [3.63, 3.8) is 0 Å². The molecule has 0 aromatic heterocycles. The highest BCUT2D eigenvalue weighted by molar-refractivity contribution is 14.0. The summed E-state index contributed by atoms with van der Waals surface area (Å²) in [4.78, 5) is 31.6. The Bertz CT molecular complexity index is 458. The number of guanidine groups is 1. The molecule has 0 unspecified atom stereocenters. The Morgan fingerprint density at radius 3 is 2.12 bits per heavy atom. The average molecular weight is 470 g/mol. The predicted octanol–water partition coefficient (Wildman–Crippen LogP) is 1.69. The Hall–Kier alpha value is -1.26. The summed E-state index contributed by atoms with van der Waals surface area (Å²) in [5, 5.41) is 3.17. The fourth-order valence-corrected chi connectivity index (χ4v) is 2.25. The molecule has 0 atom stereocenters. The highest BCUT2D eigenvalue weighted by atomic mass is 127. The topological polar surface area (TPSA) is 83.5 Å². The van der Waals surface area contributed by atoms with Gasteiger partial charge in [0.2, 0.25) is 0 Å². The van der Waals surface area contributed by atoms with E-state index in [2.05, 4.69) is 10.3 Å². The molecule has 0 saturated carbocycles. The number of aliphatic imine (C=N–C) groups is 1. The Balaban J connectivity index is 0.00000576. The Morgan fingerprint density at radius 1 is 1.08 bits per heavy atom. The van der Waals surface area contributed by atoms with Crippen LogP contribution in [0.1, 0.15) is 34.6 Å². The van der Waals surface area contributed by atoms with E-state index in [-0.39, 0.29) is 42.6 Å². The fourth-order valence-electron chi connectivity index (χ4n) is 2.25. The molecule has 1 aliphatic heterocycles. The van der Waals surface area contributed by atoms with Crippen LogP contribution in [-0.2, 0) is 14.3 Å². The number of carbonyl (C=O) groups excluding carboxylic acids is 2. The minimum Gasteiger partial charge on any atom is -0.459 e. The van der Waals surface area contributed by atoms with Crippen LogP contribution < -0.4 is 5.32 Å². The molecule has 0 aliphatic carbocycles. The molecule has 1 rings (SSSR count). The van der Waals surface area contributed by atoms with E-state index in [1.807, 2.05) is 32.6 Å². The second-order valence-corrected chi connectivity index (χ2v) is 6.43. The summed E-state index contributed by atoms with van der Waals surface area (Å²) >= 11 is 0. The second-order valence-electron chi connectivity index (χ2n) is 6.43. The van der Waals surface area contributed by atoms with Crippen LogP contribution in [0.3, 0.4) is 0 Å². The van der Waals surface area contributed by atoms with Crippen LogP contribution in [0.15, 0.2) is 4.99 Å². The molecule has 0 aromatic carbocycles. The molecule has 9 heteroatoms. The lowest BCUT2D eigenvalue weighted by atomic mass is 10.2. The zero-order valence-electron chi connectivity index (χ0n) is 15.8. The van der Waals surface area contributed by atoms with Gasteiger partial charge in [-0.25, -0.2) is 9.79 Å². The molecule has 25 heavy (non-hydrogen) atoms. The van der Waals surface area contributed by atoms with Gasteiger partial charge in [0.25, 0.3) is 0 Å². The van der Waals surface area contributed by atoms with Crippen LogP contribution in [0.25, 0.3) is 0 Å². The van der Waals surface area contributed by atoms with Crippen molar-refractivity contribution in [2.75, 3.05) is 45.9 Å². The molecule has 1 fully saturated rings. The lowest BCUT2D eigenvalue weighted by molar-refractivity contribution is -0.152. The van der Waals surface area contributed by atoms with E-state index in [9.17, 15) is 9.59 Å². The molecule has 1 amide bonds. The van der Waals surface area contributed by atoms with Gasteiger partial charge >= 0.3 is 12.1 Å². The summed E-state index contributed by atoms with van der Waals surface area (Å²) < 4.78 is 10.3. The summed E-state index contributed by atoms with van der Waals surface area (Å²) in [6, 6.07) is 0. The van der Waals surface area contributed by atoms with Crippen molar-refractivity contribution in [3.8, 4) is 0 Å². The van der Waals surface area contributed by atoms with Crippen LogP contribution in [0.2, 0.25) is 0 Å². The first-order valence-corrected chi connectivity index (χ1v) is 8.43. The van der Waals surface area contributed by atoms with Crippen molar-refractivity contribution in [1.82, 2.24) is 15.1 Å². The SMILES string of the molecule is CCNC(=NCC(=O)OC(C)(C)C)N1CCN(C(=O)OCC)CC1.I. The highest BCUT2D eigenvalue weighted by Gasteiger charge is 2.24. The summed E-state index contributed by atoms with van der Waals surface area (Å²) in [7, 11) is 0. The number of hydrogen-bond donors (Lipinski definition) is 1. The number of esters is 1. The number of halogens is 1. The Morgan fingerprint density at radius 2 is 1.64 bits per heavy atom. The van der Waals surface area contributed by atoms with E-state index >= 15 is 0 Å². The first-order chi connectivity index (χ1) is 11.3. The van der Waals surface area contributed by atoms with E-state index in [4.69, 9.17) is 9.47 Å². The van der Waals surface area contributed by atoms with E-state index in [0.717, 1.165) is 0 Å². The quantitative estimate of drug-likeness (QED) is 0.292. The maximum absolute atomic E-state index is 11.8. The van der Waals surface area contributed by atoms with Gasteiger partial charge in [0, 0.05) is 32.7 Å². The maximum atomic E-state index is 11.8. The van der Waals surface area contributed by atoms with E-state index < -0.39 is 5.60 Å². The zero-order valence-corrected chi connectivity index (χ0v) is 18.2. The van der Waals surface area contributed by atoms with Gasteiger partial charge in [-0.3, -0.25) is 4.79 Å². The van der Waals surface area contributed by atoms with Crippen molar-refractivity contribution in [2.45, 2.75) is 40.2 Å². The molecule has 1 N–H and O–H groups in total. The van der Waals surface area contributed by atoms with Crippen molar-refractivity contribution >= 4 is 42.0 Å². The van der Waals surface area contributed by atoms with Gasteiger partial charge in [-0.2, -0.15) is 0 Å². The van der Waals surface area contributed by atoms with Gasteiger partial charge in [-0.05, 0) is 34.6 Å². The molecule has 0 spiro atoms. The largest absolute Gasteiger partial charge is 0.459 e. The van der Waals surface area contributed by atoms with Gasteiger partial charge in [0.15, 0.2) is 5.96 Å². The summed E-state index contributed by atoms with van der Waals surface area (Å²) in [6.07, 6.45) is -0.284. The lowest BCUT2D eigenvalue weighted by Gasteiger charge is -2.35. The third kappa shape index (κ3) is 9.13. The predicted molar refractivity (Wildman–Crippen MR) is 107 cm³/mol. The van der Waals surface area contributed by atoms with Crippen molar-refractivity contribution in [1.29, 1.82) is 0 Å². The molecule has 8 nitrogen and oxygen atoms in total. The summed E-state index contributed by atoms with van der Waals surface area (Å²) in [6.45, 7) is 12.7. The fraction of sp³-hybridized carbons (Fsp3) is 0.812. The van der Waals surface area contributed by atoms with Gasteiger partial charge in [0.05, 0.1) is 6.61 Å². The minimum absolute atomic E-state index is 0. The number of piperazine rings is 1. The van der Waals surface area contributed by atoms with Crippen LogP contribution in [0.4, 0.5) is 4.79 Å². The molecule has 1 aliphatic rings. The summed E-state index contributed by atoms with van der Waals surface area (Å²) in [5.74, 6) is 0.301. The first-order valence-electron chi connectivity index (χ1n) is 8.43. The van der Waals surface area contributed by atoms with Gasteiger partial charge < -0.3 is 24.6 Å². The summed E-state index contributed by atoms with van der Waals surface area (Å²) in [5.41, 5.74) is -0.518. The molecule has 0 aromatic rings. The van der Waals surface area contributed by atoms with Crippen LogP contribution in [-0.4, -0.2) is 79.3 Å².